The van der Waals surface area contributed by atoms with E-state index in [1.165, 1.54) is 6.92 Å². The largest absolute Gasteiger partial charge is 0.507 e. The van der Waals surface area contributed by atoms with E-state index in [0.29, 0.717) is 0 Å². The second-order valence-corrected chi connectivity index (χ2v) is 3.78. The van der Waals surface area contributed by atoms with Crippen molar-refractivity contribution in [1.82, 2.24) is 0 Å². The Morgan fingerprint density at radius 2 is 1.85 bits per heavy atom. The van der Waals surface area contributed by atoms with Crippen molar-refractivity contribution < 1.29 is 18.3 Å². The van der Waals surface area contributed by atoms with Crippen molar-refractivity contribution in [2.24, 2.45) is 0 Å². The number of benzene rings is 1. The molecule has 0 spiro atoms. The average Bonchev–Trinajstić information content (AvgIpc) is 1.97. The number of hydrogen-bond donors (Lipinski definition) is 1. The average molecular weight is 302 g/mol. The third-order valence-corrected chi connectivity index (χ3v) is 2.40. The summed E-state index contributed by atoms with van der Waals surface area (Å²) < 4.78 is 36.8. The topological polar surface area (TPSA) is 20.2 Å². The molecule has 72 valence electrons. The van der Waals surface area contributed by atoms with Crippen LogP contribution in [0.4, 0.5) is 13.2 Å². The van der Waals surface area contributed by atoms with Gasteiger partial charge in [0.1, 0.15) is 5.75 Å². The van der Waals surface area contributed by atoms with Gasteiger partial charge in [0.05, 0.1) is 9.13 Å². The van der Waals surface area contributed by atoms with E-state index in [1.54, 1.807) is 22.6 Å². The maximum atomic E-state index is 12.2. The number of alkyl halides is 3. The molecule has 1 N–H and O–H groups in total. The van der Waals surface area contributed by atoms with Crippen LogP contribution < -0.4 is 0 Å². The molecular formula is C8H6F3IO. The standard InChI is InChI=1S/C8H6F3IO/c1-4-2-5(8(9,10)11)3-6(12)7(4)13/h2-3,13H,1H3. The monoisotopic (exact) mass is 302 g/mol. The first-order valence-corrected chi connectivity index (χ1v) is 4.46. The van der Waals surface area contributed by atoms with Crippen LogP contribution in [0.3, 0.4) is 0 Å². The fourth-order valence-electron chi connectivity index (χ4n) is 0.900. The van der Waals surface area contributed by atoms with Gasteiger partial charge in [0.15, 0.2) is 0 Å². The van der Waals surface area contributed by atoms with Crippen LogP contribution in [0.1, 0.15) is 11.1 Å². The molecule has 0 amide bonds. The Bertz CT molecular complexity index is 310. The van der Waals surface area contributed by atoms with Crippen molar-refractivity contribution >= 4 is 22.6 Å². The summed E-state index contributed by atoms with van der Waals surface area (Å²) in [5, 5.41) is 9.22. The van der Waals surface area contributed by atoms with Crippen molar-refractivity contribution in [1.29, 1.82) is 0 Å². The van der Waals surface area contributed by atoms with Crippen LogP contribution in [0.2, 0.25) is 0 Å². The zero-order valence-electron chi connectivity index (χ0n) is 6.61. The van der Waals surface area contributed by atoms with Gasteiger partial charge in [-0.1, -0.05) is 0 Å². The molecular weight excluding hydrogens is 296 g/mol. The summed E-state index contributed by atoms with van der Waals surface area (Å²) in [4.78, 5) is 0. The number of phenols is 1. The SMILES string of the molecule is Cc1cc(C(F)(F)F)cc(I)c1O. The van der Waals surface area contributed by atoms with Crippen LogP contribution >= 0.6 is 22.6 Å². The fraction of sp³-hybridized carbons (Fsp3) is 0.250. The fourth-order valence-corrected chi connectivity index (χ4v) is 1.66. The molecule has 0 fully saturated rings. The molecule has 0 atom stereocenters. The van der Waals surface area contributed by atoms with Gasteiger partial charge in [-0.3, -0.25) is 0 Å². The third kappa shape index (κ3) is 2.26. The lowest BCUT2D eigenvalue weighted by atomic mass is 10.1. The minimum absolute atomic E-state index is 0.0893. The van der Waals surface area contributed by atoms with Gasteiger partial charge in [0, 0.05) is 0 Å². The van der Waals surface area contributed by atoms with Gasteiger partial charge in [-0.05, 0) is 47.2 Å². The lowest BCUT2D eigenvalue weighted by molar-refractivity contribution is -0.137. The maximum Gasteiger partial charge on any atom is 0.416 e. The number of halogens is 4. The molecule has 0 aliphatic carbocycles. The van der Waals surface area contributed by atoms with E-state index in [2.05, 4.69) is 0 Å². The van der Waals surface area contributed by atoms with Crippen LogP contribution in [-0.2, 0) is 6.18 Å². The highest BCUT2D eigenvalue weighted by molar-refractivity contribution is 14.1. The molecule has 1 nitrogen and oxygen atoms in total. The summed E-state index contributed by atoms with van der Waals surface area (Å²) in [5.41, 5.74) is -0.494. The molecule has 0 aliphatic heterocycles. The molecule has 5 heteroatoms. The molecule has 1 aromatic rings. The van der Waals surface area contributed by atoms with Crippen LogP contribution in [0, 0.1) is 10.5 Å². The summed E-state index contributed by atoms with van der Waals surface area (Å²) in [6, 6.07) is 1.85. The van der Waals surface area contributed by atoms with Crippen LogP contribution in [0.15, 0.2) is 12.1 Å². The van der Waals surface area contributed by atoms with E-state index in [0.717, 1.165) is 12.1 Å². The molecule has 1 aromatic carbocycles. The lowest BCUT2D eigenvalue weighted by Crippen LogP contribution is -2.05. The normalized spacial score (nSPS) is 11.8. The smallest absolute Gasteiger partial charge is 0.416 e. The molecule has 0 heterocycles. The quantitative estimate of drug-likeness (QED) is 0.729. The molecule has 1 rings (SSSR count). The third-order valence-electron chi connectivity index (χ3n) is 1.58. The molecule has 0 bridgehead atoms. The van der Waals surface area contributed by atoms with Gasteiger partial charge in [0.25, 0.3) is 0 Å². The first-order chi connectivity index (χ1) is 5.82. The maximum absolute atomic E-state index is 12.2. The second-order valence-electron chi connectivity index (χ2n) is 2.62. The van der Waals surface area contributed by atoms with Crippen LogP contribution in [0.5, 0.6) is 5.75 Å². The highest BCUT2D eigenvalue weighted by Crippen LogP contribution is 2.34. The Balaban J connectivity index is 3.29. The minimum Gasteiger partial charge on any atom is -0.507 e. The molecule has 0 saturated carbocycles. The van der Waals surface area contributed by atoms with E-state index >= 15 is 0 Å². The Morgan fingerprint density at radius 1 is 1.31 bits per heavy atom. The predicted molar refractivity (Wildman–Crippen MR) is 50.6 cm³/mol. The van der Waals surface area contributed by atoms with Gasteiger partial charge in [-0.25, -0.2) is 0 Å². The molecule has 0 aliphatic rings. The summed E-state index contributed by atoms with van der Waals surface area (Å²) in [5.74, 6) is -0.0893. The number of phenolic OH excluding ortho intramolecular Hbond substituents is 1. The van der Waals surface area contributed by atoms with E-state index < -0.39 is 11.7 Å². The Morgan fingerprint density at radius 3 is 2.23 bits per heavy atom. The van der Waals surface area contributed by atoms with Crippen molar-refractivity contribution in [3.63, 3.8) is 0 Å². The summed E-state index contributed by atoms with van der Waals surface area (Å²) in [7, 11) is 0. The van der Waals surface area contributed by atoms with E-state index in [9.17, 15) is 18.3 Å². The number of hydrogen-bond acceptors (Lipinski definition) is 1. The van der Waals surface area contributed by atoms with Gasteiger partial charge in [-0.15, -0.1) is 0 Å². The van der Waals surface area contributed by atoms with Gasteiger partial charge >= 0.3 is 6.18 Å². The highest BCUT2D eigenvalue weighted by atomic mass is 127. The van der Waals surface area contributed by atoms with Crippen molar-refractivity contribution in [2.75, 3.05) is 0 Å². The number of aryl methyl sites for hydroxylation is 1. The molecule has 0 aromatic heterocycles. The van der Waals surface area contributed by atoms with E-state index in [-0.39, 0.29) is 14.9 Å². The van der Waals surface area contributed by atoms with Gasteiger partial charge < -0.3 is 5.11 Å². The number of rotatable bonds is 0. The first kappa shape index (κ1) is 10.6. The zero-order valence-corrected chi connectivity index (χ0v) is 8.77. The Labute approximate surface area is 86.7 Å². The molecule has 13 heavy (non-hydrogen) atoms. The minimum atomic E-state index is -4.35. The van der Waals surface area contributed by atoms with Crippen LogP contribution in [0.25, 0.3) is 0 Å². The zero-order chi connectivity index (χ0) is 10.2. The lowest BCUT2D eigenvalue weighted by Gasteiger charge is -2.09. The first-order valence-electron chi connectivity index (χ1n) is 3.38. The van der Waals surface area contributed by atoms with Gasteiger partial charge in [-0.2, -0.15) is 13.2 Å². The Kier molecular flexibility index (Phi) is 2.74. The van der Waals surface area contributed by atoms with Gasteiger partial charge in [0.2, 0.25) is 0 Å². The summed E-state index contributed by atoms with van der Waals surface area (Å²) in [6.45, 7) is 1.44. The molecule has 0 radical (unpaired) electrons. The van der Waals surface area contributed by atoms with E-state index in [1.807, 2.05) is 0 Å². The molecule has 0 saturated heterocycles. The van der Waals surface area contributed by atoms with Crippen molar-refractivity contribution in [2.45, 2.75) is 13.1 Å². The van der Waals surface area contributed by atoms with Crippen LogP contribution in [-0.4, -0.2) is 5.11 Å². The second kappa shape index (κ2) is 3.36. The summed E-state index contributed by atoms with van der Waals surface area (Å²) >= 11 is 1.67. The molecule has 0 unspecified atom stereocenters. The van der Waals surface area contributed by atoms with Crippen molar-refractivity contribution in [3.8, 4) is 5.75 Å². The highest BCUT2D eigenvalue weighted by Gasteiger charge is 2.31. The van der Waals surface area contributed by atoms with Crippen molar-refractivity contribution in [3.05, 3.63) is 26.8 Å². The summed E-state index contributed by atoms with van der Waals surface area (Å²) in [6.07, 6.45) is -4.35. The van der Waals surface area contributed by atoms with E-state index in [4.69, 9.17) is 0 Å². The number of aromatic hydroxyl groups is 1. The predicted octanol–water partition coefficient (Wildman–Crippen LogP) is 3.32. The Hall–Kier alpha value is -0.460.